The molecule has 0 aliphatic rings. The maximum absolute atomic E-state index is 11.7. The molecule has 0 spiro atoms. The Hall–Kier alpha value is -1.33. The van der Waals surface area contributed by atoms with Crippen LogP contribution >= 0.6 is 23.1 Å². The van der Waals surface area contributed by atoms with Gasteiger partial charge in [-0.15, -0.1) is 23.1 Å². The Bertz CT molecular complexity index is 523. The van der Waals surface area contributed by atoms with Crippen molar-refractivity contribution in [3.63, 3.8) is 0 Å². The SMILES string of the molecule is Cc1ccc(CSCC(=O)NCCc2cscn2)cc1. The summed E-state index contributed by atoms with van der Waals surface area (Å²) in [4.78, 5) is 15.9. The monoisotopic (exact) mass is 306 g/mol. The summed E-state index contributed by atoms with van der Waals surface area (Å²) in [6.07, 6.45) is 0.803. The Morgan fingerprint density at radius 2 is 2.15 bits per heavy atom. The quantitative estimate of drug-likeness (QED) is 0.855. The number of thioether (sulfide) groups is 1. The summed E-state index contributed by atoms with van der Waals surface area (Å²) in [6.45, 7) is 2.74. The molecule has 0 radical (unpaired) electrons. The summed E-state index contributed by atoms with van der Waals surface area (Å²) in [5.74, 6) is 1.47. The number of carbonyl (C=O) groups is 1. The van der Waals surface area contributed by atoms with Crippen LogP contribution in [-0.2, 0) is 17.0 Å². The first-order valence-electron chi connectivity index (χ1n) is 6.51. The third kappa shape index (κ3) is 5.35. The van der Waals surface area contributed by atoms with Gasteiger partial charge < -0.3 is 5.32 Å². The Labute approximate surface area is 127 Å². The molecule has 0 aliphatic heterocycles. The lowest BCUT2D eigenvalue weighted by Crippen LogP contribution is -2.27. The van der Waals surface area contributed by atoms with E-state index >= 15 is 0 Å². The van der Waals surface area contributed by atoms with Gasteiger partial charge in [0.1, 0.15) is 0 Å². The average Bonchev–Trinajstić information content (AvgIpc) is 2.94. The van der Waals surface area contributed by atoms with Gasteiger partial charge in [-0.3, -0.25) is 4.79 Å². The Morgan fingerprint density at radius 3 is 2.85 bits per heavy atom. The maximum Gasteiger partial charge on any atom is 0.230 e. The van der Waals surface area contributed by atoms with Gasteiger partial charge in [0.25, 0.3) is 0 Å². The van der Waals surface area contributed by atoms with Crippen LogP contribution in [0.3, 0.4) is 0 Å². The topological polar surface area (TPSA) is 42.0 Å². The van der Waals surface area contributed by atoms with Crippen LogP contribution in [0.4, 0.5) is 0 Å². The summed E-state index contributed by atoms with van der Waals surface area (Å²) in [5.41, 5.74) is 5.38. The molecular formula is C15H18N2OS2. The largest absolute Gasteiger partial charge is 0.355 e. The van der Waals surface area contributed by atoms with Crippen molar-refractivity contribution in [2.75, 3.05) is 12.3 Å². The Balaban J connectivity index is 1.59. The maximum atomic E-state index is 11.7. The number of aromatic nitrogens is 1. The van der Waals surface area contributed by atoms with E-state index in [4.69, 9.17) is 0 Å². The van der Waals surface area contributed by atoms with Gasteiger partial charge in [0.2, 0.25) is 5.91 Å². The standard InChI is InChI=1S/C15H18N2OS2/c1-12-2-4-13(5-3-12)8-19-10-15(18)16-7-6-14-9-20-11-17-14/h2-5,9,11H,6-8,10H2,1H3,(H,16,18). The zero-order valence-corrected chi connectivity index (χ0v) is 13.1. The molecule has 0 fully saturated rings. The Kier molecular flexibility index (Phi) is 6.08. The van der Waals surface area contributed by atoms with Crippen LogP contribution in [0.2, 0.25) is 0 Å². The van der Waals surface area contributed by atoms with Gasteiger partial charge in [-0.05, 0) is 12.5 Å². The highest BCUT2D eigenvalue weighted by Crippen LogP contribution is 2.12. The molecule has 0 bridgehead atoms. The first kappa shape index (κ1) is 15.1. The molecule has 1 N–H and O–H groups in total. The lowest BCUT2D eigenvalue weighted by molar-refractivity contribution is -0.118. The number of nitrogens with zero attached hydrogens (tertiary/aromatic N) is 1. The fourth-order valence-corrected chi connectivity index (χ4v) is 3.10. The number of amides is 1. The van der Waals surface area contributed by atoms with E-state index < -0.39 is 0 Å². The first-order chi connectivity index (χ1) is 9.74. The molecule has 3 nitrogen and oxygen atoms in total. The average molecular weight is 306 g/mol. The second-order valence-electron chi connectivity index (χ2n) is 4.56. The fraction of sp³-hybridized carbons (Fsp3) is 0.333. The molecule has 0 saturated carbocycles. The van der Waals surface area contributed by atoms with Gasteiger partial charge in [-0.2, -0.15) is 0 Å². The van der Waals surface area contributed by atoms with Crippen molar-refractivity contribution in [3.05, 3.63) is 52.0 Å². The molecule has 106 valence electrons. The van der Waals surface area contributed by atoms with E-state index in [2.05, 4.69) is 41.5 Å². The molecular weight excluding hydrogens is 288 g/mol. The van der Waals surface area contributed by atoms with Crippen LogP contribution in [0, 0.1) is 6.92 Å². The van der Waals surface area contributed by atoms with Crippen molar-refractivity contribution in [2.24, 2.45) is 0 Å². The normalized spacial score (nSPS) is 10.4. The van der Waals surface area contributed by atoms with Crippen molar-refractivity contribution in [1.29, 1.82) is 0 Å². The highest BCUT2D eigenvalue weighted by Gasteiger charge is 2.02. The molecule has 2 rings (SSSR count). The molecule has 1 aromatic carbocycles. The predicted octanol–water partition coefficient (Wildman–Crippen LogP) is 3.04. The van der Waals surface area contributed by atoms with Gasteiger partial charge in [-0.25, -0.2) is 4.98 Å². The molecule has 0 saturated heterocycles. The van der Waals surface area contributed by atoms with Crippen LogP contribution < -0.4 is 5.32 Å². The van der Waals surface area contributed by atoms with Gasteiger partial charge >= 0.3 is 0 Å². The molecule has 1 amide bonds. The van der Waals surface area contributed by atoms with Crippen molar-refractivity contribution in [2.45, 2.75) is 19.1 Å². The van der Waals surface area contributed by atoms with E-state index in [0.717, 1.165) is 17.9 Å². The lowest BCUT2D eigenvalue weighted by atomic mass is 10.2. The van der Waals surface area contributed by atoms with Crippen LogP contribution in [0.5, 0.6) is 0 Å². The molecule has 1 aromatic heterocycles. The van der Waals surface area contributed by atoms with E-state index in [9.17, 15) is 4.79 Å². The van der Waals surface area contributed by atoms with E-state index in [0.29, 0.717) is 12.3 Å². The molecule has 0 unspecified atom stereocenters. The number of nitrogens with one attached hydrogen (secondary N) is 1. The minimum Gasteiger partial charge on any atom is -0.355 e. The number of carbonyl (C=O) groups excluding carboxylic acids is 1. The van der Waals surface area contributed by atoms with Crippen LogP contribution in [0.15, 0.2) is 35.2 Å². The lowest BCUT2D eigenvalue weighted by Gasteiger charge is -2.04. The van der Waals surface area contributed by atoms with Crippen LogP contribution in [-0.4, -0.2) is 23.2 Å². The Morgan fingerprint density at radius 1 is 1.35 bits per heavy atom. The number of thiazole rings is 1. The van der Waals surface area contributed by atoms with Crippen molar-refractivity contribution in [3.8, 4) is 0 Å². The number of aryl methyl sites for hydroxylation is 1. The van der Waals surface area contributed by atoms with E-state index in [1.54, 1.807) is 23.1 Å². The highest BCUT2D eigenvalue weighted by molar-refractivity contribution is 7.99. The number of rotatable bonds is 7. The molecule has 20 heavy (non-hydrogen) atoms. The molecule has 0 aliphatic carbocycles. The third-order valence-electron chi connectivity index (χ3n) is 2.81. The second kappa shape index (κ2) is 8.07. The summed E-state index contributed by atoms with van der Waals surface area (Å²) in [7, 11) is 0. The molecule has 5 heteroatoms. The zero-order chi connectivity index (χ0) is 14.2. The summed E-state index contributed by atoms with van der Waals surface area (Å²) < 4.78 is 0. The molecule has 1 heterocycles. The fourth-order valence-electron chi connectivity index (χ4n) is 1.69. The van der Waals surface area contributed by atoms with Gasteiger partial charge in [0, 0.05) is 24.1 Å². The number of hydrogen-bond donors (Lipinski definition) is 1. The molecule has 2 aromatic rings. The predicted molar refractivity (Wildman–Crippen MR) is 86.2 cm³/mol. The van der Waals surface area contributed by atoms with E-state index in [-0.39, 0.29) is 5.91 Å². The van der Waals surface area contributed by atoms with Crippen molar-refractivity contribution in [1.82, 2.24) is 10.3 Å². The van der Waals surface area contributed by atoms with E-state index in [1.165, 1.54) is 11.1 Å². The smallest absolute Gasteiger partial charge is 0.230 e. The highest BCUT2D eigenvalue weighted by atomic mass is 32.2. The zero-order valence-electron chi connectivity index (χ0n) is 11.5. The van der Waals surface area contributed by atoms with Gasteiger partial charge in [-0.1, -0.05) is 29.8 Å². The van der Waals surface area contributed by atoms with Crippen molar-refractivity contribution < 1.29 is 4.79 Å². The number of benzene rings is 1. The van der Waals surface area contributed by atoms with Gasteiger partial charge in [0.15, 0.2) is 0 Å². The molecule has 0 atom stereocenters. The van der Waals surface area contributed by atoms with E-state index in [1.807, 2.05) is 10.9 Å². The van der Waals surface area contributed by atoms with Gasteiger partial charge in [0.05, 0.1) is 17.0 Å². The van der Waals surface area contributed by atoms with Crippen molar-refractivity contribution >= 4 is 29.0 Å². The summed E-state index contributed by atoms with van der Waals surface area (Å²) >= 11 is 3.23. The minimum absolute atomic E-state index is 0.0948. The third-order valence-corrected chi connectivity index (χ3v) is 4.45. The summed E-state index contributed by atoms with van der Waals surface area (Å²) in [5, 5.41) is 4.93. The summed E-state index contributed by atoms with van der Waals surface area (Å²) in [6, 6.07) is 8.43. The first-order valence-corrected chi connectivity index (χ1v) is 8.61. The van der Waals surface area contributed by atoms with Crippen LogP contribution in [0.25, 0.3) is 0 Å². The minimum atomic E-state index is 0.0948. The number of hydrogen-bond acceptors (Lipinski definition) is 4. The second-order valence-corrected chi connectivity index (χ2v) is 6.26. The van der Waals surface area contributed by atoms with Crippen LogP contribution in [0.1, 0.15) is 16.8 Å².